The Kier molecular flexibility index (Phi) is 7.15. The lowest BCUT2D eigenvalue weighted by atomic mass is 10.2. The number of hydrogen-bond donors (Lipinski definition) is 3. The molecule has 0 bridgehead atoms. The van der Waals surface area contributed by atoms with Crippen LogP contribution in [0.2, 0.25) is 0 Å². The zero-order valence-electron chi connectivity index (χ0n) is 17.4. The van der Waals surface area contributed by atoms with Crippen molar-refractivity contribution in [3.8, 4) is 17.2 Å². The van der Waals surface area contributed by atoms with Crippen LogP contribution in [0.15, 0.2) is 48.8 Å². The van der Waals surface area contributed by atoms with Gasteiger partial charge in [0.1, 0.15) is 29.3 Å². The van der Waals surface area contributed by atoms with Crippen LogP contribution in [0.4, 0.5) is 28.7 Å². The molecule has 0 saturated carbocycles. The van der Waals surface area contributed by atoms with E-state index in [0.29, 0.717) is 41.1 Å². The van der Waals surface area contributed by atoms with Crippen LogP contribution in [-0.2, 0) is 0 Å². The highest BCUT2D eigenvalue weighted by molar-refractivity contribution is 5.81. The molecule has 4 N–H and O–H groups in total. The molecule has 0 aliphatic heterocycles. The van der Waals surface area contributed by atoms with Crippen molar-refractivity contribution in [2.75, 3.05) is 37.2 Å². The Morgan fingerprint density at radius 2 is 1.60 bits per heavy atom. The highest BCUT2D eigenvalue weighted by Crippen LogP contribution is 2.34. The third kappa shape index (κ3) is 5.22. The summed E-state index contributed by atoms with van der Waals surface area (Å²) in [5.74, 6) is 3.11. The van der Waals surface area contributed by atoms with Crippen molar-refractivity contribution in [2.24, 2.45) is 0 Å². The van der Waals surface area contributed by atoms with Crippen LogP contribution in [0.25, 0.3) is 0 Å². The topological polar surface area (TPSA) is 104 Å². The van der Waals surface area contributed by atoms with Gasteiger partial charge in [-0.1, -0.05) is 13.3 Å². The molecule has 0 saturated heterocycles. The van der Waals surface area contributed by atoms with Crippen LogP contribution in [0.3, 0.4) is 0 Å². The molecule has 0 unspecified atom stereocenters. The Balaban J connectivity index is 1.75. The van der Waals surface area contributed by atoms with Gasteiger partial charge in [0.2, 0.25) is 0 Å². The Bertz CT molecular complexity index is 963. The second kappa shape index (κ2) is 10.2. The zero-order valence-corrected chi connectivity index (χ0v) is 17.4. The van der Waals surface area contributed by atoms with E-state index in [0.717, 1.165) is 24.3 Å². The fourth-order valence-electron chi connectivity index (χ4n) is 2.74. The molecule has 8 nitrogen and oxygen atoms in total. The van der Waals surface area contributed by atoms with E-state index in [1.165, 1.54) is 6.33 Å². The summed E-state index contributed by atoms with van der Waals surface area (Å²) in [6, 6.07) is 13.1. The first kappa shape index (κ1) is 21.0. The number of nitrogens with zero attached hydrogens (tertiary/aromatic N) is 2. The number of aromatic nitrogens is 2. The SMILES string of the molecule is CCCCOc1ccc(Nc2ncnc(Nc3cc(OC)ccc3OC)c2N)cc1. The molecule has 30 heavy (non-hydrogen) atoms. The third-order valence-corrected chi connectivity index (χ3v) is 4.43. The van der Waals surface area contributed by atoms with Gasteiger partial charge in [-0.25, -0.2) is 9.97 Å². The van der Waals surface area contributed by atoms with Crippen LogP contribution in [-0.4, -0.2) is 30.8 Å². The molecule has 0 fully saturated rings. The number of anilines is 5. The second-order valence-electron chi connectivity index (χ2n) is 6.53. The first-order valence-corrected chi connectivity index (χ1v) is 9.74. The smallest absolute Gasteiger partial charge is 0.159 e. The number of nitrogens with one attached hydrogen (secondary N) is 2. The molecular weight excluding hydrogens is 382 g/mol. The largest absolute Gasteiger partial charge is 0.497 e. The van der Waals surface area contributed by atoms with Crippen molar-refractivity contribution in [1.82, 2.24) is 9.97 Å². The van der Waals surface area contributed by atoms with Crippen LogP contribution < -0.4 is 30.6 Å². The van der Waals surface area contributed by atoms with Crippen molar-refractivity contribution < 1.29 is 14.2 Å². The van der Waals surface area contributed by atoms with Gasteiger partial charge in [-0.3, -0.25) is 0 Å². The molecule has 1 aromatic heterocycles. The summed E-state index contributed by atoms with van der Waals surface area (Å²) in [4.78, 5) is 8.52. The lowest BCUT2D eigenvalue weighted by molar-refractivity contribution is 0.309. The molecule has 3 rings (SSSR count). The fraction of sp³-hybridized carbons (Fsp3) is 0.273. The number of nitrogen functional groups attached to an aromatic ring is 1. The second-order valence-corrected chi connectivity index (χ2v) is 6.53. The quantitative estimate of drug-likeness (QED) is 0.413. The standard InChI is InChI=1S/C22H27N5O3/c1-4-5-12-30-16-8-6-15(7-9-16)26-21-20(23)22(25-14-24-21)27-18-13-17(28-2)10-11-19(18)29-3/h6-11,13-14H,4-5,12,23H2,1-3H3,(H2,24,25,26,27). The Hall–Kier alpha value is -3.68. The molecule has 0 radical (unpaired) electrons. The maximum absolute atomic E-state index is 6.31. The zero-order chi connectivity index (χ0) is 21.3. The average molecular weight is 409 g/mol. The van der Waals surface area contributed by atoms with Crippen molar-refractivity contribution in [3.63, 3.8) is 0 Å². The molecule has 3 aromatic rings. The Morgan fingerprint density at radius 1 is 0.900 bits per heavy atom. The predicted octanol–water partition coefficient (Wildman–Crippen LogP) is 4.74. The maximum atomic E-state index is 6.31. The van der Waals surface area contributed by atoms with Crippen molar-refractivity contribution in [3.05, 3.63) is 48.8 Å². The van der Waals surface area contributed by atoms with Gasteiger partial charge in [0.05, 0.1) is 26.5 Å². The van der Waals surface area contributed by atoms with E-state index in [9.17, 15) is 0 Å². The summed E-state index contributed by atoms with van der Waals surface area (Å²) in [7, 11) is 3.20. The van der Waals surface area contributed by atoms with E-state index in [2.05, 4.69) is 27.5 Å². The van der Waals surface area contributed by atoms with Gasteiger partial charge < -0.3 is 30.6 Å². The van der Waals surface area contributed by atoms with Crippen LogP contribution in [0.5, 0.6) is 17.2 Å². The van der Waals surface area contributed by atoms with Crippen LogP contribution >= 0.6 is 0 Å². The molecule has 0 atom stereocenters. The van der Waals surface area contributed by atoms with E-state index in [4.69, 9.17) is 19.9 Å². The van der Waals surface area contributed by atoms with E-state index in [1.807, 2.05) is 42.5 Å². The van der Waals surface area contributed by atoms with Gasteiger partial charge in [0.15, 0.2) is 11.6 Å². The maximum Gasteiger partial charge on any atom is 0.159 e. The van der Waals surface area contributed by atoms with Gasteiger partial charge in [0, 0.05) is 11.8 Å². The van der Waals surface area contributed by atoms with Gasteiger partial charge in [-0.15, -0.1) is 0 Å². The lowest BCUT2D eigenvalue weighted by Gasteiger charge is -2.15. The Labute approximate surface area is 176 Å². The fourth-order valence-corrected chi connectivity index (χ4v) is 2.74. The summed E-state index contributed by atoms with van der Waals surface area (Å²) >= 11 is 0. The number of rotatable bonds is 10. The van der Waals surface area contributed by atoms with E-state index >= 15 is 0 Å². The first-order valence-electron chi connectivity index (χ1n) is 9.74. The van der Waals surface area contributed by atoms with Crippen molar-refractivity contribution in [1.29, 1.82) is 0 Å². The summed E-state index contributed by atoms with van der Waals surface area (Å²) in [6.07, 6.45) is 3.58. The molecular formula is C22H27N5O3. The third-order valence-electron chi connectivity index (χ3n) is 4.43. The van der Waals surface area contributed by atoms with E-state index in [1.54, 1.807) is 14.2 Å². The number of nitrogens with two attached hydrogens (primary N) is 1. The molecule has 8 heteroatoms. The van der Waals surface area contributed by atoms with Gasteiger partial charge in [0.25, 0.3) is 0 Å². The first-order chi connectivity index (χ1) is 14.6. The summed E-state index contributed by atoms with van der Waals surface area (Å²) in [5.41, 5.74) is 8.21. The summed E-state index contributed by atoms with van der Waals surface area (Å²) in [6.45, 7) is 2.85. The van der Waals surface area contributed by atoms with Gasteiger partial charge >= 0.3 is 0 Å². The average Bonchev–Trinajstić information content (AvgIpc) is 2.77. The molecule has 2 aromatic carbocycles. The number of unbranched alkanes of at least 4 members (excludes halogenated alkanes) is 1. The van der Waals surface area contributed by atoms with Gasteiger partial charge in [-0.05, 0) is 42.8 Å². The molecule has 1 heterocycles. The normalized spacial score (nSPS) is 10.4. The number of methoxy groups -OCH3 is 2. The van der Waals surface area contributed by atoms with Crippen LogP contribution in [0, 0.1) is 0 Å². The minimum atomic E-state index is 0.380. The summed E-state index contributed by atoms with van der Waals surface area (Å²) < 4.78 is 16.4. The monoisotopic (exact) mass is 409 g/mol. The molecule has 0 aliphatic rings. The highest BCUT2D eigenvalue weighted by atomic mass is 16.5. The summed E-state index contributed by atoms with van der Waals surface area (Å²) in [5, 5.41) is 6.41. The lowest BCUT2D eigenvalue weighted by Crippen LogP contribution is -2.06. The molecule has 0 amide bonds. The van der Waals surface area contributed by atoms with Crippen molar-refractivity contribution in [2.45, 2.75) is 19.8 Å². The minimum absolute atomic E-state index is 0.380. The minimum Gasteiger partial charge on any atom is -0.497 e. The molecule has 158 valence electrons. The van der Waals surface area contributed by atoms with Crippen molar-refractivity contribution >= 4 is 28.7 Å². The Morgan fingerprint density at radius 3 is 2.27 bits per heavy atom. The van der Waals surface area contributed by atoms with Gasteiger partial charge in [-0.2, -0.15) is 0 Å². The highest BCUT2D eigenvalue weighted by Gasteiger charge is 2.12. The number of hydrogen-bond acceptors (Lipinski definition) is 8. The van der Waals surface area contributed by atoms with E-state index < -0.39 is 0 Å². The number of ether oxygens (including phenoxy) is 3. The predicted molar refractivity (Wildman–Crippen MR) is 119 cm³/mol. The number of benzene rings is 2. The molecule has 0 aliphatic carbocycles. The van der Waals surface area contributed by atoms with E-state index in [-0.39, 0.29) is 0 Å². The van der Waals surface area contributed by atoms with Crippen LogP contribution in [0.1, 0.15) is 19.8 Å². The molecule has 0 spiro atoms.